The van der Waals surface area contributed by atoms with Gasteiger partial charge >= 0.3 is 5.97 Å². The van der Waals surface area contributed by atoms with Crippen LogP contribution in [0.2, 0.25) is 0 Å². The molecule has 0 bridgehead atoms. The maximum absolute atomic E-state index is 11.0. The topological polar surface area (TPSA) is 72.5 Å². The fourth-order valence-electron chi connectivity index (χ4n) is 1.15. The van der Waals surface area contributed by atoms with E-state index in [1.807, 2.05) is 0 Å². The van der Waals surface area contributed by atoms with Crippen molar-refractivity contribution in [3.8, 4) is 5.75 Å². The van der Waals surface area contributed by atoms with Crippen LogP contribution in [0.25, 0.3) is 0 Å². The first-order chi connectivity index (χ1) is 7.63. The molecule has 0 spiro atoms. The minimum Gasteiger partial charge on any atom is -0.506 e. The lowest BCUT2D eigenvalue weighted by Gasteiger charge is -2.04. The molecule has 0 aliphatic rings. The molecule has 1 aromatic carbocycles. The molecule has 0 fully saturated rings. The number of nitrogen functional groups attached to an aromatic ring is 1. The van der Waals surface area contributed by atoms with Gasteiger partial charge in [-0.2, -0.15) is 0 Å². The number of hydrogen-bond acceptors (Lipinski definition) is 5. The number of carbonyl (C=O) groups excluding carboxylic acids is 1. The zero-order chi connectivity index (χ0) is 12.0. The van der Waals surface area contributed by atoms with E-state index >= 15 is 0 Å². The number of aromatic hydroxyl groups is 1. The molecule has 0 radical (unpaired) electrons. The number of phenolic OH excluding ortho intramolecular Hbond substituents is 1. The van der Waals surface area contributed by atoms with Gasteiger partial charge in [-0.1, -0.05) is 6.07 Å². The Balaban J connectivity index is 2.37. The second-order valence-electron chi connectivity index (χ2n) is 3.19. The Morgan fingerprint density at radius 1 is 1.56 bits per heavy atom. The van der Waals surface area contributed by atoms with Crippen LogP contribution in [0, 0.1) is 0 Å². The van der Waals surface area contributed by atoms with Crippen LogP contribution in [-0.2, 0) is 15.3 Å². The Morgan fingerprint density at radius 3 is 2.94 bits per heavy atom. The van der Waals surface area contributed by atoms with Gasteiger partial charge in [0.15, 0.2) is 0 Å². The van der Waals surface area contributed by atoms with Gasteiger partial charge in [-0.15, -0.1) is 11.8 Å². The standard InChI is InChI=1S/C11H15NO3S/c1-2-15-11(14)7-16-6-8-3-4-10(13)9(12)5-8/h3-5,13H,2,6-7,12H2,1H3. The highest BCUT2D eigenvalue weighted by molar-refractivity contribution is 7.99. The minimum atomic E-state index is -0.209. The monoisotopic (exact) mass is 241 g/mol. The van der Waals surface area contributed by atoms with Gasteiger partial charge in [-0.3, -0.25) is 4.79 Å². The molecule has 0 amide bonds. The SMILES string of the molecule is CCOC(=O)CSCc1ccc(O)c(N)c1. The van der Waals surface area contributed by atoms with E-state index in [-0.39, 0.29) is 11.7 Å². The first-order valence-corrected chi connectivity index (χ1v) is 6.09. The van der Waals surface area contributed by atoms with Crippen molar-refractivity contribution < 1.29 is 14.6 Å². The number of anilines is 1. The van der Waals surface area contributed by atoms with Gasteiger partial charge < -0.3 is 15.6 Å². The summed E-state index contributed by atoms with van der Waals surface area (Å²) in [6.45, 7) is 2.19. The first-order valence-electron chi connectivity index (χ1n) is 4.94. The van der Waals surface area contributed by atoms with Crippen LogP contribution >= 0.6 is 11.8 Å². The van der Waals surface area contributed by atoms with Crippen molar-refractivity contribution in [1.29, 1.82) is 0 Å². The van der Waals surface area contributed by atoms with Crippen molar-refractivity contribution in [2.24, 2.45) is 0 Å². The highest BCUT2D eigenvalue weighted by atomic mass is 32.2. The van der Waals surface area contributed by atoms with Crippen LogP contribution in [0.5, 0.6) is 5.75 Å². The molecule has 0 unspecified atom stereocenters. The normalized spacial score (nSPS) is 10.1. The fraction of sp³-hybridized carbons (Fsp3) is 0.364. The van der Waals surface area contributed by atoms with Gasteiger partial charge in [-0.25, -0.2) is 0 Å². The molecule has 3 N–H and O–H groups in total. The number of benzene rings is 1. The molecule has 0 aromatic heterocycles. The summed E-state index contributed by atoms with van der Waals surface area (Å²) in [5.74, 6) is 0.871. The average molecular weight is 241 g/mol. The predicted molar refractivity (Wildman–Crippen MR) is 65.3 cm³/mol. The summed E-state index contributed by atoms with van der Waals surface area (Å²) in [5, 5.41) is 9.22. The van der Waals surface area contributed by atoms with Crippen LogP contribution in [0.15, 0.2) is 18.2 Å². The summed E-state index contributed by atoms with van der Waals surface area (Å²) in [5.41, 5.74) is 6.88. The van der Waals surface area contributed by atoms with Gasteiger partial charge in [0.05, 0.1) is 18.0 Å². The van der Waals surface area contributed by atoms with Crippen LogP contribution in [0.4, 0.5) is 5.69 Å². The molecule has 16 heavy (non-hydrogen) atoms. The van der Waals surface area contributed by atoms with E-state index < -0.39 is 0 Å². The number of hydrogen-bond donors (Lipinski definition) is 2. The van der Waals surface area contributed by atoms with Crippen LogP contribution in [0.1, 0.15) is 12.5 Å². The van der Waals surface area contributed by atoms with Crippen LogP contribution in [-0.4, -0.2) is 23.4 Å². The number of carbonyl (C=O) groups is 1. The third-order valence-electron chi connectivity index (χ3n) is 1.89. The summed E-state index contributed by atoms with van der Waals surface area (Å²) < 4.78 is 4.80. The summed E-state index contributed by atoms with van der Waals surface area (Å²) in [6.07, 6.45) is 0. The van der Waals surface area contributed by atoms with E-state index in [1.54, 1.807) is 25.1 Å². The van der Waals surface area contributed by atoms with Gasteiger partial charge in [0.2, 0.25) is 0 Å². The quantitative estimate of drug-likeness (QED) is 0.467. The van der Waals surface area contributed by atoms with E-state index in [1.165, 1.54) is 11.8 Å². The van der Waals surface area contributed by atoms with Gasteiger partial charge in [0.25, 0.3) is 0 Å². The molecular weight excluding hydrogens is 226 g/mol. The molecule has 0 aliphatic carbocycles. The minimum absolute atomic E-state index is 0.0825. The van der Waals surface area contributed by atoms with Gasteiger partial charge in [0, 0.05) is 5.75 Å². The van der Waals surface area contributed by atoms with E-state index in [9.17, 15) is 9.90 Å². The number of thioether (sulfide) groups is 1. The fourth-order valence-corrected chi connectivity index (χ4v) is 1.92. The van der Waals surface area contributed by atoms with Gasteiger partial charge in [0.1, 0.15) is 5.75 Å². The second-order valence-corrected chi connectivity index (χ2v) is 4.18. The van der Waals surface area contributed by atoms with E-state index in [2.05, 4.69) is 0 Å². The molecular formula is C11H15NO3S. The Morgan fingerprint density at radius 2 is 2.31 bits per heavy atom. The molecule has 5 heteroatoms. The number of rotatable bonds is 5. The molecule has 0 heterocycles. The van der Waals surface area contributed by atoms with Crippen LogP contribution < -0.4 is 5.73 Å². The maximum Gasteiger partial charge on any atom is 0.315 e. The lowest BCUT2D eigenvalue weighted by molar-refractivity contribution is -0.139. The van der Waals surface area contributed by atoms with Crippen molar-refractivity contribution in [2.45, 2.75) is 12.7 Å². The van der Waals surface area contributed by atoms with E-state index in [0.717, 1.165) is 5.56 Å². The molecule has 0 saturated heterocycles. The van der Waals surface area contributed by atoms with Crippen molar-refractivity contribution >= 4 is 23.4 Å². The highest BCUT2D eigenvalue weighted by Crippen LogP contribution is 2.22. The highest BCUT2D eigenvalue weighted by Gasteiger charge is 2.03. The molecule has 88 valence electrons. The van der Waals surface area contributed by atoms with Crippen molar-refractivity contribution in [3.05, 3.63) is 23.8 Å². The number of phenols is 1. The lowest BCUT2D eigenvalue weighted by Crippen LogP contribution is -2.06. The van der Waals surface area contributed by atoms with Crippen molar-refractivity contribution in [2.75, 3.05) is 18.1 Å². The molecule has 0 aliphatic heterocycles. The Kier molecular flexibility index (Phi) is 4.98. The third kappa shape index (κ3) is 4.02. The molecule has 0 atom stereocenters. The Labute approximate surface area is 98.8 Å². The molecule has 0 saturated carbocycles. The number of nitrogens with two attached hydrogens (primary N) is 1. The second kappa shape index (κ2) is 6.27. The Hall–Kier alpha value is -1.36. The molecule has 4 nitrogen and oxygen atoms in total. The number of esters is 1. The summed E-state index contributed by atoms with van der Waals surface area (Å²) >= 11 is 1.46. The lowest BCUT2D eigenvalue weighted by atomic mass is 10.2. The number of ether oxygens (including phenoxy) is 1. The van der Waals surface area contributed by atoms with Gasteiger partial charge in [-0.05, 0) is 24.6 Å². The predicted octanol–water partition coefficient (Wildman–Crippen LogP) is 1.77. The summed E-state index contributed by atoms with van der Waals surface area (Å²) in [7, 11) is 0. The summed E-state index contributed by atoms with van der Waals surface area (Å²) in [6, 6.07) is 5.03. The zero-order valence-electron chi connectivity index (χ0n) is 9.10. The largest absolute Gasteiger partial charge is 0.506 e. The van der Waals surface area contributed by atoms with Crippen molar-refractivity contribution in [1.82, 2.24) is 0 Å². The molecule has 1 rings (SSSR count). The summed E-state index contributed by atoms with van der Waals surface area (Å²) in [4.78, 5) is 11.0. The first kappa shape index (κ1) is 12.7. The van der Waals surface area contributed by atoms with E-state index in [4.69, 9.17) is 10.5 Å². The smallest absolute Gasteiger partial charge is 0.315 e. The maximum atomic E-state index is 11.0. The molecule has 1 aromatic rings. The third-order valence-corrected chi connectivity index (χ3v) is 2.86. The Bertz CT molecular complexity index is 368. The van der Waals surface area contributed by atoms with E-state index in [0.29, 0.717) is 23.8 Å². The average Bonchev–Trinajstić information content (AvgIpc) is 2.24. The zero-order valence-corrected chi connectivity index (χ0v) is 9.92. The van der Waals surface area contributed by atoms with Crippen LogP contribution in [0.3, 0.4) is 0 Å². The van der Waals surface area contributed by atoms with Crippen molar-refractivity contribution in [3.63, 3.8) is 0 Å².